The zero-order chi connectivity index (χ0) is 30.6. The van der Waals surface area contributed by atoms with Gasteiger partial charge in [0, 0.05) is 41.0 Å². The third kappa shape index (κ3) is 3.62. The van der Waals surface area contributed by atoms with Crippen LogP contribution >= 0.6 is 22.7 Å². The first-order chi connectivity index (χ1) is 23.3. The van der Waals surface area contributed by atoms with E-state index in [1.165, 1.54) is 78.6 Å². The molecule has 0 saturated carbocycles. The van der Waals surface area contributed by atoms with Gasteiger partial charge in [0.25, 0.3) is 0 Å². The van der Waals surface area contributed by atoms with Gasteiger partial charge in [-0.25, -0.2) is 4.98 Å². The standard InChI is InChI=1S/C43H24N2S2/c1-3-9-30-26(7-1)18-21-36-40(30)44-43-42-35(33-20-17-27-8-2-4-10-31(27)41(33)47-42)24-37(45(36)43)28-15-13-25(14-16-28)29-19-22-39-34(23-29)32-11-5-6-12-38(32)46-39/h1-24H. The van der Waals surface area contributed by atoms with Gasteiger partial charge in [-0.3, -0.25) is 4.40 Å². The lowest BCUT2D eigenvalue weighted by Gasteiger charge is -2.10. The fraction of sp³-hybridized carbons (Fsp3) is 0. The minimum absolute atomic E-state index is 1.02. The van der Waals surface area contributed by atoms with Gasteiger partial charge in [-0.05, 0) is 63.2 Å². The quantitative estimate of drug-likeness (QED) is 0.185. The first-order valence-corrected chi connectivity index (χ1v) is 17.5. The molecule has 0 saturated heterocycles. The number of aromatic nitrogens is 2. The molecule has 0 aliphatic carbocycles. The highest BCUT2D eigenvalue weighted by atomic mass is 32.1. The second-order valence-electron chi connectivity index (χ2n) is 12.3. The Hall–Kier alpha value is -5.55. The fourth-order valence-electron chi connectivity index (χ4n) is 7.51. The van der Waals surface area contributed by atoms with Gasteiger partial charge >= 0.3 is 0 Å². The molecule has 11 rings (SSSR count). The van der Waals surface area contributed by atoms with Crippen molar-refractivity contribution >= 4 is 101 Å². The molecule has 4 heterocycles. The van der Waals surface area contributed by atoms with Crippen molar-refractivity contribution in [3.63, 3.8) is 0 Å². The Kier molecular flexibility index (Phi) is 5.17. The van der Waals surface area contributed by atoms with Gasteiger partial charge in [-0.1, -0.05) is 115 Å². The molecule has 0 unspecified atom stereocenters. The van der Waals surface area contributed by atoms with Crippen LogP contribution in [0.15, 0.2) is 146 Å². The number of hydrogen-bond donors (Lipinski definition) is 0. The molecule has 0 spiro atoms. The second kappa shape index (κ2) is 9.49. The summed E-state index contributed by atoms with van der Waals surface area (Å²) in [6.07, 6.45) is 0. The van der Waals surface area contributed by atoms with Crippen LogP contribution in [0.5, 0.6) is 0 Å². The Morgan fingerprint density at radius 1 is 0.426 bits per heavy atom. The molecule has 4 heteroatoms. The van der Waals surface area contributed by atoms with Gasteiger partial charge in [0.1, 0.15) is 0 Å². The van der Waals surface area contributed by atoms with E-state index in [2.05, 4.69) is 150 Å². The first kappa shape index (κ1) is 25.6. The zero-order valence-electron chi connectivity index (χ0n) is 25.1. The molecule has 7 aromatic carbocycles. The van der Waals surface area contributed by atoms with Crippen LogP contribution in [0.25, 0.3) is 101 Å². The van der Waals surface area contributed by atoms with Crippen LogP contribution in [0, 0.1) is 0 Å². The van der Waals surface area contributed by atoms with Gasteiger partial charge in [0.15, 0.2) is 5.65 Å². The molecule has 218 valence electrons. The van der Waals surface area contributed by atoms with Gasteiger partial charge in [0.2, 0.25) is 0 Å². The summed E-state index contributed by atoms with van der Waals surface area (Å²) < 4.78 is 7.61. The van der Waals surface area contributed by atoms with E-state index in [1.807, 2.05) is 22.7 Å². The molecular formula is C43H24N2S2. The Bertz CT molecular complexity index is 3070. The molecule has 2 nitrogen and oxygen atoms in total. The highest BCUT2D eigenvalue weighted by molar-refractivity contribution is 7.27. The molecule has 0 N–H and O–H groups in total. The molecule has 11 aromatic rings. The Morgan fingerprint density at radius 3 is 1.98 bits per heavy atom. The maximum absolute atomic E-state index is 5.42. The Balaban J connectivity index is 1.17. The van der Waals surface area contributed by atoms with E-state index in [1.54, 1.807) is 0 Å². The normalized spacial score (nSPS) is 12.3. The number of pyridine rings is 1. The number of benzene rings is 7. The average molecular weight is 633 g/mol. The predicted octanol–water partition coefficient (Wildman–Crippen LogP) is 12.9. The minimum atomic E-state index is 1.02. The van der Waals surface area contributed by atoms with Crippen molar-refractivity contribution in [2.45, 2.75) is 0 Å². The topological polar surface area (TPSA) is 17.3 Å². The zero-order valence-corrected chi connectivity index (χ0v) is 26.7. The number of rotatable bonds is 2. The third-order valence-electron chi connectivity index (χ3n) is 9.78. The van der Waals surface area contributed by atoms with Crippen molar-refractivity contribution in [2.75, 3.05) is 0 Å². The van der Waals surface area contributed by atoms with E-state index < -0.39 is 0 Å². The molecule has 0 bridgehead atoms. The van der Waals surface area contributed by atoms with Crippen molar-refractivity contribution in [1.82, 2.24) is 9.38 Å². The molecule has 0 amide bonds. The van der Waals surface area contributed by atoms with Crippen LogP contribution < -0.4 is 0 Å². The molecule has 0 aliphatic heterocycles. The van der Waals surface area contributed by atoms with Crippen molar-refractivity contribution in [3.8, 4) is 22.4 Å². The predicted molar refractivity (Wildman–Crippen MR) is 204 cm³/mol. The van der Waals surface area contributed by atoms with Crippen LogP contribution in [-0.2, 0) is 0 Å². The number of nitrogens with zero attached hydrogens (tertiary/aromatic N) is 2. The lowest BCUT2D eigenvalue weighted by atomic mass is 10.00. The molecular weight excluding hydrogens is 609 g/mol. The third-order valence-corrected chi connectivity index (χ3v) is 12.2. The average Bonchev–Trinajstić information content (AvgIpc) is 3.83. The summed E-state index contributed by atoms with van der Waals surface area (Å²) in [6, 6.07) is 53.4. The molecule has 0 aliphatic rings. The Labute approximate surface area is 277 Å². The van der Waals surface area contributed by atoms with E-state index in [0.717, 1.165) is 22.4 Å². The smallest absolute Gasteiger partial charge is 0.156 e. The fourth-order valence-corrected chi connectivity index (χ4v) is 9.90. The highest BCUT2D eigenvalue weighted by Crippen LogP contribution is 2.44. The Morgan fingerprint density at radius 2 is 1.11 bits per heavy atom. The monoisotopic (exact) mass is 632 g/mol. The van der Waals surface area contributed by atoms with Crippen LogP contribution in [0.2, 0.25) is 0 Å². The van der Waals surface area contributed by atoms with Crippen molar-refractivity contribution in [1.29, 1.82) is 0 Å². The summed E-state index contributed by atoms with van der Waals surface area (Å²) in [5.74, 6) is 0. The van der Waals surface area contributed by atoms with Crippen LogP contribution in [0.3, 0.4) is 0 Å². The summed E-state index contributed by atoms with van der Waals surface area (Å²) in [6.45, 7) is 0. The van der Waals surface area contributed by atoms with E-state index in [4.69, 9.17) is 4.98 Å². The van der Waals surface area contributed by atoms with Gasteiger partial charge in [0.05, 0.1) is 21.4 Å². The van der Waals surface area contributed by atoms with E-state index >= 15 is 0 Å². The van der Waals surface area contributed by atoms with Crippen LogP contribution in [0.4, 0.5) is 0 Å². The lowest BCUT2D eigenvalue weighted by molar-refractivity contribution is 1.25. The number of imidazole rings is 1. The minimum Gasteiger partial charge on any atom is -0.291 e. The van der Waals surface area contributed by atoms with E-state index in [0.29, 0.717) is 0 Å². The summed E-state index contributed by atoms with van der Waals surface area (Å²) in [5.41, 5.74) is 8.00. The summed E-state index contributed by atoms with van der Waals surface area (Å²) in [4.78, 5) is 5.42. The summed E-state index contributed by atoms with van der Waals surface area (Å²) in [5, 5.41) is 10.2. The maximum atomic E-state index is 5.42. The molecule has 4 aromatic heterocycles. The molecule has 0 radical (unpaired) electrons. The second-order valence-corrected chi connectivity index (χ2v) is 14.5. The van der Waals surface area contributed by atoms with Gasteiger partial charge < -0.3 is 0 Å². The largest absolute Gasteiger partial charge is 0.291 e. The number of hydrogen-bond acceptors (Lipinski definition) is 3. The van der Waals surface area contributed by atoms with Crippen molar-refractivity contribution in [2.24, 2.45) is 0 Å². The van der Waals surface area contributed by atoms with E-state index in [9.17, 15) is 0 Å². The maximum Gasteiger partial charge on any atom is 0.156 e. The van der Waals surface area contributed by atoms with Gasteiger partial charge in [-0.15, -0.1) is 22.7 Å². The number of thiophene rings is 2. The molecule has 0 atom stereocenters. The number of fused-ring (bicyclic) bond motifs is 14. The van der Waals surface area contributed by atoms with Crippen molar-refractivity contribution < 1.29 is 0 Å². The molecule has 47 heavy (non-hydrogen) atoms. The van der Waals surface area contributed by atoms with Crippen LogP contribution in [-0.4, -0.2) is 9.38 Å². The van der Waals surface area contributed by atoms with Gasteiger partial charge in [-0.2, -0.15) is 0 Å². The molecule has 0 fully saturated rings. The van der Waals surface area contributed by atoms with Crippen LogP contribution in [0.1, 0.15) is 0 Å². The van der Waals surface area contributed by atoms with Crippen molar-refractivity contribution in [3.05, 3.63) is 146 Å². The van der Waals surface area contributed by atoms with E-state index in [-0.39, 0.29) is 0 Å². The summed E-state index contributed by atoms with van der Waals surface area (Å²) in [7, 11) is 0. The highest BCUT2D eigenvalue weighted by Gasteiger charge is 2.20. The SMILES string of the molecule is c1ccc2c(c1)ccc1c2nc2c3sc4c5ccccc5ccc4c3cc(-c3ccc(-c4ccc5sc6ccccc6c5c4)cc3)n12. The summed E-state index contributed by atoms with van der Waals surface area (Å²) >= 11 is 3.73. The lowest BCUT2D eigenvalue weighted by Crippen LogP contribution is -1.93. The first-order valence-electron chi connectivity index (χ1n) is 15.9.